The average molecular weight is 325 g/mol. The number of rotatable bonds is 5. The number of amides is 1. The summed E-state index contributed by atoms with van der Waals surface area (Å²) in [6, 6.07) is 17.5. The molecule has 0 atom stereocenters. The van der Waals surface area contributed by atoms with Gasteiger partial charge in [0.2, 0.25) is 0 Å². The average Bonchev–Trinajstić information content (AvgIpc) is 2.62. The van der Waals surface area contributed by atoms with Gasteiger partial charge in [0.05, 0.1) is 0 Å². The third-order valence-corrected chi connectivity index (χ3v) is 4.22. The largest absolute Gasteiger partial charge is 0.484 e. The lowest BCUT2D eigenvalue weighted by Gasteiger charge is -2.34. The standard InChI is InChI=1S/C19H23N3O2/c20-17-6-8-18(9-7-17)24-15-19(23)22-12-10-21(11-13-22)14-16-4-2-1-3-5-16/h1-9H,10-15,20H2. The van der Waals surface area contributed by atoms with Crippen LogP contribution in [0.15, 0.2) is 54.6 Å². The van der Waals surface area contributed by atoms with Crippen LogP contribution in [0, 0.1) is 0 Å². The lowest BCUT2D eigenvalue weighted by Crippen LogP contribution is -2.49. The summed E-state index contributed by atoms with van der Waals surface area (Å²) in [5.74, 6) is 0.700. The SMILES string of the molecule is Nc1ccc(OCC(=O)N2CCN(Cc3ccccc3)CC2)cc1. The van der Waals surface area contributed by atoms with E-state index >= 15 is 0 Å². The van der Waals surface area contributed by atoms with Crippen molar-refractivity contribution in [1.82, 2.24) is 9.80 Å². The zero-order valence-electron chi connectivity index (χ0n) is 13.7. The van der Waals surface area contributed by atoms with Crippen molar-refractivity contribution >= 4 is 11.6 Å². The van der Waals surface area contributed by atoms with Crippen molar-refractivity contribution in [2.45, 2.75) is 6.54 Å². The van der Waals surface area contributed by atoms with Crippen LogP contribution in [0.1, 0.15) is 5.56 Å². The molecule has 1 saturated heterocycles. The van der Waals surface area contributed by atoms with Gasteiger partial charge in [0.15, 0.2) is 6.61 Å². The Morgan fingerprint density at radius 3 is 2.29 bits per heavy atom. The third-order valence-electron chi connectivity index (χ3n) is 4.22. The normalized spacial score (nSPS) is 15.2. The number of carbonyl (C=O) groups excluding carboxylic acids is 1. The zero-order valence-corrected chi connectivity index (χ0v) is 13.7. The van der Waals surface area contributed by atoms with Gasteiger partial charge in [-0.3, -0.25) is 9.69 Å². The number of nitrogens with zero attached hydrogens (tertiary/aromatic N) is 2. The highest BCUT2D eigenvalue weighted by Gasteiger charge is 2.21. The molecule has 1 heterocycles. The number of carbonyl (C=O) groups is 1. The van der Waals surface area contributed by atoms with E-state index in [0.717, 1.165) is 32.7 Å². The summed E-state index contributed by atoms with van der Waals surface area (Å²) in [7, 11) is 0. The fraction of sp³-hybridized carbons (Fsp3) is 0.316. The molecule has 0 bridgehead atoms. The molecule has 0 aromatic heterocycles. The molecule has 5 heteroatoms. The monoisotopic (exact) mass is 325 g/mol. The van der Waals surface area contributed by atoms with Crippen molar-refractivity contribution in [2.24, 2.45) is 0 Å². The van der Waals surface area contributed by atoms with E-state index in [1.807, 2.05) is 11.0 Å². The van der Waals surface area contributed by atoms with E-state index in [1.54, 1.807) is 24.3 Å². The van der Waals surface area contributed by atoms with Crippen LogP contribution >= 0.6 is 0 Å². The Labute approximate surface area is 142 Å². The second-order valence-corrected chi connectivity index (χ2v) is 6.00. The van der Waals surface area contributed by atoms with Crippen LogP contribution in [0.5, 0.6) is 5.75 Å². The molecule has 24 heavy (non-hydrogen) atoms. The van der Waals surface area contributed by atoms with Gasteiger partial charge in [-0.2, -0.15) is 0 Å². The Morgan fingerprint density at radius 1 is 0.958 bits per heavy atom. The number of hydrogen-bond acceptors (Lipinski definition) is 4. The van der Waals surface area contributed by atoms with Gasteiger partial charge in [-0.25, -0.2) is 0 Å². The van der Waals surface area contributed by atoms with E-state index in [2.05, 4.69) is 29.2 Å². The zero-order chi connectivity index (χ0) is 16.8. The van der Waals surface area contributed by atoms with Crippen molar-refractivity contribution in [1.29, 1.82) is 0 Å². The van der Waals surface area contributed by atoms with E-state index in [1.165, 1.54) is 5.56 Å². The maximum atomic E-state index is 12.3. The first-order chi connectivity index (χ1) is 11.7. The van der Waals surface area contributed by atoms with Crippen LogP contribution in [0.25, 0.3) is 0 Å². The van der Waals surface area contributed by atoms with E-state index < -0.39 is 0 Å². The number of hydrogen-bond donors (Lipinski definition) is 1. The van der Waals surface area contributed by atoms with Crippen LogP contribution in [0.3, 0.4) is 0 Å². The molecule has 2 aromatic rings. The maximum absolute atomic E-state index is 12.3. The van der Waals surface area contributed by atoms with Crippen molar-refractivity contribution in [2.75, 3.05) is 38.5 Å². The number of piperazine rings is 1. The Balaban J connectivity index is 1.42. The van der Waals surface area contributed by atoms with Gasteiger partial charge in [0.1, 0.15) is 5.75 Å². The van der Waals surface area contributed by atoms with Gasteiger partial charge in [-0.05, 0) is 29.8 Å². The first kappa shape index (κ1) is 16.3. The molecule has 0 saturated carbocycles. The van der Waals surface area contributed by atoms with Crippen molar-refractivity contribution in [3.8, 4) is 5.75 Å². The molecule has 0 unspecified atom stereocenters. The number of anilines is 1. The van der Waals surface area contributed by atoms with E-state index in [0.29, 0.717) is 11.4 Å². The Morgan fingerprint density at radius 2 is 1.62 bits per heavy atom. The predicted octanol–water partition coefficient (Wildman–Crippen LogP) is 1.99. The molecule has 1 fully saturated rings. The highest BCUT2D eigenvalue weighted by Crippen LogP contribution is 2.14. The summed E-state index contributed by atoms with van der Waals surface area (Å²) in [4.78, 5) is 16.5. The van der Waals surface area contributed by atoms with E-state index in [-0.39, 0.29) is 12.5 Å². The van der Waals surface area contributed by atoms with Gasteiger partial charge in [0.25, 0.3) is 5.91 Å². The van der Waals surface area contributed by atoms with Gasteiger partial charge in [-0.15, -0.1) is 0 Å². The van der Waals surface area contributed by atoms with Crippen LogP contribution in [-0.4, -0.2) is 48.5 Å². The van der Waals surface area contributed by atoms with Crippen LogP contribution in [0.2, 0.25) is 0 Å². The quantitative estimate of drug-likeness (QED) is 0.854. The van der Waals surface area contributed by atoms with Crippen molar-refractivity contribution in [3.05, 3.63) is 60.2 Å². The number of ether oxygens (including phenoxy) is 1. The van der Waals surface area contributed by atoms with E-state index in [4.69, 9.17) is 10.5 Å². The molecule has 126 valence electrons. The fourth-order valence-corrected chi connectivity index (χ4v) is 2.80. The molecule has 1 aliphatic rings. The molecule has 1 aliphatic heterocycles. The van der Waals surface area contributed by atoms with Crippen molar-refractivity contribution < 1.29 is 9.53 Å². The van der Waals surface area contributed by atoms with Gasteiger partial charge >= 0.3 is 0 Å². The number of nitrogen functional groups attached to an aromatic ring is 1. The first-order valence-electron chi connectivity index (χ1n) is 8.23. The molecular weight excluding hydrogens is 302 g/mol. The van der Waals surface area contributed by atoms with E-state index in [9.17, 15) is 4.79 Å². The lowest BCUT2D eigenvalue weighted by atomic mass is 10.2. The molecule has 2 aromatic carbocycles. The Bertz CT molecular complexity index is 650. The summed E-state index contributed by atoms with van der Waals surface area (Å²) in [5, 5.41) is 0. The summed E-state index contributed by atoms with van der Waals surface area (Å²) in [5.41, 5.74) is 7.63. The van der Waals surface area contributed by atoms with Crippen LogP contribution < -0.4 is 10.5 Å². The van der Waals surface area contributed by atoms with Gasteiger partial charge < -0.3 is 15.4 Å². The highest BCUT2D eigenvalue weighted by molar-refractivity contribution is 5.77. The third kappa shape index (κ3) is 4.49. The molecule has 0 spiro atoms. The molecular formula is C19H23N3O2. The molecule has 5 nitrogen and oxygen atoms in total. The minimum Gasteiger partial charge on any atom is -0.484 e. The van der Waals surface area contributed by atoms with Gasteiger partial charge in [-0.1, -0.05) is 30.3 Å². The minimum absolute atomic E-state index is 0.0335. The minimum atomic E-state index is 0.0335. The van der Waals surface area contributed by atoms with Crippen LogP contribution in [-0.2, 0) is 11.3 Å². The predicted molar refractivity (Wildman–Crippen MR) is 94.6 cm³/mol. The topological polar surface area (TPSA) is 58.8 Å². The molecule has 0 radical (unpaired) electrons. The number of nitrogens with two attached hydrogens (primary N) is 1. The highest BCUT2D eigenvalue weighted by atomic mass is 16.5. The lowest BCUT2D eigenvalue weighted by molar-refractivity contribution is -0.135. The Hall–Kier alpha value is -2.53. The molecule has 1 amide bonds. The molecule has 3 rings (SSSR count). The summed E-state index contributed by atoms with van der Waals surface area (Å²) in [6.45, 7) is 4.28. The molecule has 2 N–H and O–H groups in total. The second kappa shape index (κ2) is 7.84. The van der Waals surface area contributed by atoms with Gasteiger partial charge in [0, 0.05) is 38.4 Å². The van der Waals surface area contributed by atoms with Crippen LogP contribution in [0.4, 0.5) is 5.69 Å². The molecule has 0 aliphatic carbocycles. The smallest absolute Gasteiger partial charge is 0.260 e. The maximum Gasteiger partial charge on any atom is 0.260 e. The second-order valence-electron chi connectivity index (χ2n) is 6.00. The first-order valence-corrected chi connectivity index (χ1v) is 8.23. The summed E-state index contributed by atoms with van der Waals surface area (Å²) in [6.07, 6.45) is 0. The summed E-state index contributed by atoms with van der Waals surface area (Å²) < 4.78 is 5.54. The summed E-state index contributed by atoms with van der Waals surface area (Å²) >= 11 is 0. The fourth-order valence-electron chi connectivity index (χ4n) is 2.80. The van der Waals surface area contributed by atoms with Crippen molar-refractivity contribution in [3.63, 3.8) is 0 Å². The number of benzene rings is 2. The Kier molecular flexibility index (Phi) is 5.33.